The molecule has 4 rings (SSSR count). The summed E-state index contributed by atoms with van der Waals surface area (Å²) < 4.78 is 0. The van der Waals surface area contributed by atoms with Gasteiger partial charge in [-0.2, -0.15) is 0 Å². The molecule has 1 aliphatic rings. The Kier molecular flexibility index (Phi) is 4.78. The molecule has 1 atom stereocenters. The Labute approximate surface area is 158 Å². The molecular formula is C21H21N5O. The molecule has 1 saturated heterocycles. The Bertz CT molecular complexity index is 944. The molecular weight excluding hydrogens is 338 g/mol. The molecule has 1 N–H and O–H groups in total. The van der Waals surface area contributed by atoms with Gasteiger partial charge in [0.15, 0.2) is 0 Å². The first-order valence-corrected chi connectivity index (χ1v) is 9.05. The summed E-state index contributed by atoms with van der Waals surface area (Å²) in [5, 5.41) is 3.12. The van der Waals surface area contributed by atoms with Gasteiger partial charge in [0.25, 0.3) is 5.91 Å². The third-order valence-electron chi connectivity index (χ3n) is 4.78. The second kappa shape index (κ2) is 7.53. The zero-order chi connectivity index (χ0) is 18.6. The Balaban J connectivity index is 1.44. The van der Waals surface area contributed by atoms with E-state index in [0.29, 0.717) is 18.1 Å². The maximum absolute atomic E-state index is 12.5. The molecule has 3 heterocycles. The maximum atomic E-state index is 12.5. The van der Waals surface area contributed by atoms with Gasteiger partial charge in [0.2, 0.25) is 5.95 Å². The summed E-state index contributed by atoms with van der Waals surface area (Å²) >= 11 is 0. The van der Waals surface area contributed by atoms with E-state index in [1.807, 2.05) is 43.3 Å². The summed E-state index contributed by atoms with van der Waals surface area (Å²) in [6.07, 6.45) is 6.01. The molecule has 27 heavy (non-hydrogen) atoms. The third-order valence-corrected chi connectivity index (χ3v) is 4.78. The number of amides is 1. The van der Waals surface area contributed by atoms with Crippen molar-refractivity contribution in [3.63, 3.8) is 0 Å². The van der Waals surface area contributed by atoms with Gasteiger partial charge in [0.1, 0.15) is 0 Å². The average molecular weight is 359 g/mol. The summed E-state index contributed by atoms with van der Waals surface area (Å²) in [7, 11) is 0. The van der Waals surface area contributed by atoms with Crippen LogP contribution in [-0.4, -0.2) is 40.0 Å². The van der Waals surface area contributed by atoms with Crippen molar-refractivity contribution >= 4 is 11.9 Å². The van der Waals surface area contributed by atoms with Gasteiger partial charge >= 0.3 is 0 Å². The van der Waals surface area contributed by atoms with Crippen molar-refractivity contribution in [2.45, 2.75) is 19.4 Å². The summed E-state index contributed by atoms with van der Waals surface area (Å²) in [6.45, 7) is 3.42. The van der Waals surface area contributed by atoms with Crippen LogP contribution in [0.25, 0.3) is 11.3 Å². The van der Waals surface area contributed by atoms with E-state index < -0.39 is 0 Å². The van der Waals surface area contributed by atoms with Gasteiger partial charge in [-0.05, 0) is 31.0 Å². The largest absolute Gasteiger partial charge is 0.347 e. The molecule has 3 aromatic rings. The normalized spacial score (nSPS) is 16.3. The van der Waals surface area contributed by atoms with Crippen LogP contribution in [0.4, 0.5) is 5.95 Å². The van der Waals surface area contributed by atoms with E-state index in [9.17, 15) is 4.79 Å². The van der Waals surface area contributed by atoms with Crippen molar-refractivity contribution in [3.8, 4) is 11.3 Å². The molecule has 1 unspecified atom stereocenters. The Morgan fingerprint density at radius 2 is 2.00 bits per heavy atom. The smallest absolute Gasteiger partial charge is 0.251 e. The van der Waals surface area contributed by atoms with Crippen LogP contribution in [0.2, 0.25) is 0 Å². The van der Waals surface area contributed by atoms with E-state index in [1.54, 1.807) is 24.7 Å². The number of benzene rings is 1. The fourth-order valence-corrected chi connectivity index (χ4v) is 3.32. The van der Waals surface area contributed by atoms with Gasteiger partial charge in [0, 0.05) is 48.8 Å². The number of anilines is 1. The molecule has 0 spiro atoms. The minimum Gasteiger partial charge on any atom is -0.347 e. The van der Waals surface area contributed by atoms with Crippen molar-refractivity contribution in [3.05, 3.63) is 72.2 Å². The molecule has 0 bridgehead atoms. The van der Waals surface area contributed by atoms with Crippen molar-refractivity contribution in [2.75, 3.05) is 18.0 Å². The number of nitrogens with zero attached hydrogens (tertiary/aromatic N) is 4. The van der Waals surface area contributed by atoms with Crippen LogP contribution in [0.15, 0.2) is 61.1 Å². The molecule has 2 aromatic heterocycles. The lowest BCUT2D eigenvalue weighted by Crippen LogP contribution is -2.37. The Morgan fingerprint density at radius 3 is 2.81 bits per heavy atom. The number of aromatic nitrogens is 3. The number of carbonyl (C=O) groups is 1. The molecule has 1 aromatic carbocycles. The van der Waals surface area contributed by atoms with Crippen molar-refractivity contribution in [1.82, 2.24) is 20.3 Å². The molecule has 0 radical (unpaired) electrons. The minimum absolute atomic E-state index is 0.0549. The van der Waals surface area contributed by atoms with Gasteiger partial charge in [0.05, 0.1) is 5.69 Å². The highest BCUT2D eigenvalue weighted by Gasteiger charge is 2.26. The highest BCUT2D eigenvalue weighted by Crippen LogP contribution is 2.21. The number of rotatable bonds is 4. The fourth-order valence-electron chi connectivity index (χ4n) is 3.32. The van der Waals surface area contributed by atoms with Crippen LogP contribution >= 0.6 is 0 Å². The van der Waals surface area contributed by atoms with E-state index >= 15 is 0 Å². The number of aryl methyl sites for hydroxylation is 1. The fraction of sp³-hybridized carbons (Fsp3) is 0.238. The van der Waals surface area contributed by atoms with Crippen LogP contribution < -0.4 is 10.2 Å². The van der Waals surface area contributed by atoms with Gasteiger partial charge in [-0.25, -0.2) is 9.97 Å². The number of nitrogens with one attached hydrogen (secondary N) is 1. The molecule has 0 aliphatic carbocycles. The van der Waals surface area contributed by atoms with Gasteiger partial charge in [-0.1, -0.05) is 30.3 Å². The lowest BCUT2D eigenvalue weighted by molar-refractivity contribution is 0.0939. The van der Waals surface area contributed by atoms with Gasteiger partial charge in [-0.15, -0.1) is 0 Å². The van der Waals surface area contributed by atoms with Crippen molar-refractivity contribution in [2.24, 2.45) is 0 Å². The lowest BCUT2D eigenvalue weighted by atomic mass is 10.1. The summed E-state index contributed by atoms with van der Waals surface area (Å²) in [4.78, 5) is 27.8. The standard InChI is InChI=1S/C21H21N5O/c1-15-13-22-10-7-18(15)20(27)24-17-9-12-26(14-17)21-23-11-8-19(25-21)16-5-3-2-4-6-16/h2-8,10-11,13,17H,9,12,14H2,1H3,(H,24,27). The molecule has 6 nitrogen and oxygen atoms in total. The van der Waals surface area contributed by atoms with E-state index in [0.717, 1.165) is 29.8 Å². The number of carbonyl (C=O) groups excluding carboxylic acids is 1. The van der Waals surface area contributed by atoms with Crippen molar-refractivity contribution in [1.29, 1.82) is 0 Å². The van der Waals surface area contributed by atoms with Gasteiger partial charge in [-0.3, -0.25) is 9.78 Å². The molecule has 1 amide bonds. The number of hydrogen-bond donors (Lipinski definition) is 1. The van der Waals surface area contributed by atoms with Gasteiger partial charge < -0.3 is 10.2 Å². The highest BCUT2D eigenvalue weighted by molar-refractivity contribution is 5.95. The lowest BCUT2D eigenvalue weighted by Gasteiger charge is -2.18. The third kappa shape index (κ3) is 3.79. The molecule has 1 aliphatic heterocycles. The summed E-state index contributed by atoms with van der Waals surface area (Å²) in [6, 6.07) is 13.8. The maximum Gasteiger partial charge on any atom is 0.251 e. The van der Waals surface area contributed by atoms with E-state index in [-0.39, 0.29) is 11.9 Å². The topological polar surface area (TPSA) is 71.0 Å². The quantitative estimate of drug-likeness (QED) is 0.776. The zero-order valence-electron chi connectivity index (χ0n) is 15.2. The predicted octanol–water partition coefficient (Wildman–Crippen LogP) is 2.86. The zero-order valence-corrected chi connectivity index (χ0v) is 15.2. The molecule has 0 saturated carbocycles. The first-order valence-electron chi connectivity index (χ1n) is 9.05. The molecule has 136 valence electrons. The van der Waals surface area contributed by atoms with Crippen LogP contribution in [-0.2, 0) is 0 Å². The highest BCUT2D eigenvalue weighted by atomic mass is 16.1. The van der Waals surface area contributed by atoms with Crippen LogP contribution in [0.1, 0.15) is 22.3 Å². The molecule has 1 fully saturated rings. The SMILES string of the molecule is Cc1cnccc1C(=O)NC1CCN(c2nccc(-c3ccccc3)n2)C1. The second-order valence-electron chi connectivity index (χ2n) is 6.70. The van der Waals surface area contributed by atoms with E-state index in [2.05, 4.69) is 20.2 Å². The predicted molar refractivity (Wildman–Crippen MR) is 105 cm³/mol. The first-order chi connectivity index (χ1) is 13.2. The second-order valence-corrected chi connectivity index (χ2v) is 6.70. The summed E-state index contributed by atoms with van der Waals surface area (Å²) in [5.74, 6) is 0.647. The van der Waals surface area contributed by atoms with Crippen LogP contribution in [0.3, 0.4) is 0 Å². The summed E-state index contributed by atoms with van der Waals surface area (Å²) in [5.41, 5.74) is 3.52. The van der Waals surface area contributed by atoms with Crippen LogP contribution in [0, 0.1) is 6.92 Å². The van der Waals surface area contributed by atoms with Crippen LogP contribution in [0.5, 0.6) is 0 Å². The van der Waals surface area contributed by atoms with Crippen molar-refractivity contribution < 1.29 is 4.79 Å². The Hall–Kier alpha value is -3.28. The monoisotopic (exact) mass is 359 g/mol. The van der Waals surface area contributed by atoms with E-state index in [1.165, 1.54) is 0 Å². The number of hydrogen-bond acceptors (Lipinski definition) is 5. The Morgan fingerprint density at radius 1 is 1.15 bits per heavy atom. The average Bonchev–Trinajstić information content (AvgIpc) is 3.17. The van der Waals surface area contributed by atoms with E-state index in [4.69, 9.17) is 4.98 Å². The number of pyridine rings is 1. The molecule has 6 heteroatoms. The minimum atomic E-state index is -0.0549. The first kappa shape index (κ1) is 17.1.